The smallest absolute Gasteiger partial charge is 0.306 e. The molecule has 0 aromatic rings. The molecule has 1 unspecified atom stereocenters. The number of allylic oxidation sites excluding steroid dienone is 8. The van der Waals surface area contributed by atoms with E-state index in [9.17, 15) is 14.4 Å². The molecule has 0 radical (unpaired) electrons. The minimum atomic E-state index is -0.765. The zero-order valence-corrected chi connectivity index (χ0v) is 51.7. The van der Waals surface area contributed by atoms with Gasteiger partial charge in [0.25, 0.3) is 0 Å². The molecule has 0 aliphatic heterocycles. The Bertz CT molecular complexity index is 1330. The summed E-state index contributed by atoms with van der Waals surface area (Å²) in [6, 6.07) is 0. The van der Waals surface area contributed by atoms with Gasteiger partial charge in [-0.25, -0.2) is 0 Å². The molecule has 450 valence electrons. The second-order valence-electron chi connectivity index (χ2n) is 23.1. The van der Waals surface area contributed by atoms with Crippen LogP contribution in [-0.2, 0) is 28.6 Å². The van der Waals surface area contributed by atoms with E-state index in [2.05, 4.69) is 69.4 Å². The lowest BCUT2D eigenvalue weighted by atomic mass is 10.0. The van der Waals surface area contributed by atoms with Crippen LogP contribution in [0.5, 0.6) is 0 Å². The Morgan fingerprint density at radius 3 is 0.792 bits per heavy atom. The fourth-order valence-corrected chi connectivity index (χ4v) is 10.3. The van der Waals surface area contributed by atoms with Crippen molar-refractivity contribution in [2.45, 2.75) is 374 Å². The molecule has 6 heteroatoms. The van der Waals surface area contributed by atoms with E-state index in [0.29, 0.717) is 19.3 Å². The highest BCUT2D eigenvalue weighted by Crippen LogP contribution is 2.18. The molecule has 0 aromatic carbocycles. The van der Waals surface area contributed by atoms with E-state index in [1.165, 1.54) is 244 Å². The highest BCUT2D eigenvalue weighted by Gasteiger charge is 2.19. The highest BCUT2D eigenvalue weighted by atomic mass is 16.6. The molecule has 0 heterocycles. The molecule has 0 fully saturated rings. The van der Waals surface area contributed by atoms with Crippen LogP contribution in [0.2, 0.25) is 0 Å². The van der Waals surface area contributed by atoms with Gasteiger partial charge in [-0.3, -0.25) is 14.4 Å². The van der Waals surface area contributed by atoms with Crippen LogP contribution in [0, 0.1) is 0 Å². The van der Waals surface area contributed by atoms with Crippen molar-refractivity contribution in [3.05, 3.63) is 48.6 Å². The minimum Gasteiger partial charge on any atom is -0.462 e. The Balaban J connectivity index is 3.97. The maximum Gasteiger partial charge on any atom is 0.306 e. The molecule has 0 aliphatic carbocycles. The maximum atomic E-state index is 12.9. The van der Waals surface area contributed by atoms with Crippen molar-refractivity contribution in [2.24, 2.45) is 0 Å². The molecule has 0 aromatic heterocycles. The van der Waals surface area contributed by atoms with Gasteiger partial charge in [0, 0.05) is 19.3 Å². The fraction of sp³-hybridized carbons (Fsp3) is 0.845. The molecular formula is C71H130O6. The monoisotopic (exact) mass is 1080 g/mol. The van der Waals surface area contributed by atoms with E-state index in [1.807, 2.05) is 0 Å². The number of esters is 3. The van der Waals surface area contributed by atoms with Gasteiger partial charge in [0.2, 0.25) is 0 Å². The summed E-state index contributed by atoms with van der Waals surface area (Å²) in [6.45, 7) is 6.56. The van der Waals surface area contributed by atoms with Gasteiger partial charge in [-0.05, 0) is 57.8 Å². The van der Waals surface area contributed by atoms with Crippen LogP contribution in [0.3, 0.4) is 0 Å². The first-order chi connectivity index (χ1) is 38.0. The van der Waals surface area contributed by atoms with Crippen molar-refractivity contribution in [1.29, 1.82) is 0 Å². The van der Waals surface area contributed by atoms with E-state index in [-0.39, 0.29) is 31.1 Å². The second kappa shape index (κ2) is 65.9. The lowest BCUT2D eigenvalue weighted by Gasteiger charge is -2.18. The third kappa shape index (κ3) is 64.1. The molecule has 0 N–H and O–H groups in total. The molecule has 77 heavy (non-hydrogen) atoms. The largest absolute Gasteiger partial charge is 0.462 e. The van der Waals surface area contributed by atoms with Gasteiger partial charge in [-0.2, -0.15) is 0 Å². The highest BCUT2D eigenvalue weighted by molar-refractivity contribution is 5.71. The second-order valence-corrected chi connectivity index (χ2v) is 23.1. The molecule has 0 aliphatic rings. The first-order valence-electron chi connectivity index (χ1n) is 34.1. The molecule has 6 nitrogen and oxygen atoms in total. The van der Waals surface area contributed by atoms with Crippen LogP contribution in [0.15, 0.2) is 48.6 Å². The van der Waals surface area contributed by atoms with Gasteiger partial charge in [-0.1, -0.05) is 339 Å². The van der Waals surface area contributed by atoms with Gasteiger partial charge in [-0.15, -0.1) is 0 Å². The van der Waals surface area contributed by atoms with Gasteiger partial charge >= 0.3 is 17.9 Å². The summed E-state index contributed by atoms with van der Waals surface area (Å²) in [7, 11) is 0. The van der Waals surface area contributed by atoms with E-state index in [4.69, 9.17) is 14.2 Å². The summed E-state index contributed by atoms with van der Waals surface area (Å²) in [5.74, 6) is -0.842. The normalized spacial score (nSPS) is 12.3. The van der Waals surface area contributed by atoms with E-state index >= 15 is 0 Å². The number of hydrogen-bond acceptors (Lipinski definition) is 6. The first kappa shape index (κ1) is 74.4. The first-order valence-corrected chi connectivity index (χ1v) is 34.1. The molecular weight excluding hydrogens is 949 g/mol. The average Bonchev–Trinajstić information content (AvgIpc) is 3.43. The van der Waals surface area contributed by atoms with Gasteiger partial charge in [0.1, 0.15) is 13.2 Å². The zero-order chi connectivity index (χ0) is 55.7. The quantitative estimate of drug-likeness (QED) is 0.0261. The van der Waals surface area contributed by atoms with Crippen molar-refractivity contribution in [2.75, 3.05) is 13.2 Å². The number of rotatable bonds is 63. The summed E-state index contributed by atoms with van der Waals surface area (Å²) in [5.41, 5.74) is 0. The number of unbranched alkanes of at least 4 members (excludes halogenated alkanes) is 44. The average molecular weight is 1080 g/mol. The summed E-state index contributed by atoms with van der Waals surface area (Å²) in [5, 5.41) is 0. The van der Waals surface area contributed by atoms with Gasteiger partial charge in [0.05, 0.1) is 0 Å². The summed E-state index contributed by atoms with van der Waals surface area (Å²) < 4.78 is 16.9. The Kier molecular flexibility index (Phi) is 63.6. The molecule has 0 rings (SSSR count). The molecule has 0 bridgehead atoms. The molecule has 0 spiro atoms. The van der Waals surface area contributed by atoms with Crippen molar-refractivity contribution in [1.82, 2.24) is 0 Å². The Hall–Kier alpha value is -2.63. The van der Waals surface area contributed by atoms with E-state index in [0.717, 1.165) is 83.5 Å². The van der Waals surface area contributed by atoms with E-state index in [1.54, 1.807) is 0 Å². The topological polar surface area (TPSA) is 78.9 Å². The molecule has 1 atom stereocenters. The lowest BCUT2D eigenvalue weighted by molar-refractivity contribution is -0.167. The number of carbonyl (C=O) groups excluding carboxylic acids is 3. The van der Waals surface area contributed by atoms with Crippen molar-refractivity contribution in [3.8, 4) is 0 Å². The Morgan fingerprint density at radius 2 is 0.506 bits per heavy atom. The predicted molar refractivity (Wildman–Crippen MR) is 335 cm³/mol. The maximum absolute atomic E-state index is 12.9. The summed E-state index contributed by atoms with van der Waals surface area (Å²) in [4.78, 5) is 38.2. The fourth-order valence-electron chi connectivity index (χ4n) is 10.3. The lowest BCUT2D eigenvalue weighted by Crippen LogP contribution is -2.30. The van der Waals surface area contributed by atoms with Crippen LogP contribution < -0.4 is 0 Å². The van der Waals surface area contributed by atoms with Crippen molar-refractivity contribution in [3.63, 3.8) is 0 Å². The van der Waals surface area contributed by atoms with Crippen molar-refractivity contribution >= 4 is 17.9 Å². The van der Waals surface area contributed by atoms with Gasteiger partial charge < -0.3 is 14.2 Å². The van der Waals surface area contributed by atoms with Crippen LogP contribution in [0.25, 0.3) is 0 Å². The van der Waals surface area contributed by atoms with Crippen LogP contribution in [0.1, 0.15) is 367 Å². The van der Waals surface area contributed by atoms with Crippen LogP contribution in [-0.4, -0.2) is 37.2 Å². The molecule has 0 amide bonds. The SMILES string of the molecule is CC/C=C\C/C=C\C/C=C\C/C=C\CCCCCCCCCCCCCCCCCCCCCCCCC(=O)OCC(COC(=O)CCCCCCCCCCC)OC(=O)CCCCCCCCCCCCCCCCC. The third-order valence-corrected chi connectivity index (χ3v) is 15.3. The van der Waals surface area contributed by atoms with Crippen LogP contribution in [0.4, 0.5) is 0 Å². The van der Waals surface area contributed by atoms with E-state index < -0.39 is 6.10 Å². The Morgan fingerprint density at radius 1 is 0.273 bits per heavy atom. The minimum absolute atomic E-state index is 0.0649. The van der Waals surface area contributed by atoms with Crippen molar-refractivity contribution < 1.29 is 28.6 Å². The number of ether oxygens (including phenoxy) is 3. The van der Waals surface area contributed by atoms with Crippen LogP contribution >= 0.6 is 0 Å². The molecule has 0 saturated carbocycles. The summed E-state index contributed by atoms with van der Waals surface area (Å²) >= 11 is 0. The molecule has 0 saturated heterocycles. The zero-order valence-electron chi connectivity index (χ0n) is 51.7. The number of hydrogen-bond donors (Lipinski definition) is 0. The third-order valence-electron chi connectivity index (χ3n) is 15.3. The predicted octanol–water partition coefficient (Wildman–Crippen LogP) is 23.3. The van der Waals surface area contributed by atoms with Gasteiger partial charge in [0.15, 0.2) is 6.10 Å². The Labute approximate surface area is 479 Å². The summed E-state index contributed by atoms with van der Waals surface area (Å²) in [6.07, 6.45) is 83.1. The number of carbonyl (C=O) groups is 3. The standard InChI is InChI=1S/C71H130O6/c1-4-7-10-13-16-19-21-23-25-26-27-28-29-30-31-32-33-34-35-36-37-38-39-40-41-42-43-44-46-47-49-52-55-58-61-64-70(73)76-67-68(66-75-69(72)63-60-57-54-51-18-15-12-9-6-3)77-71(74)65-62-59-56-53-50-48-45-24-22-20-17-14-11-8-5-2/h7,10,16,19,23,25,27-28,68H,4-6,8-9,11-15,17-18,20-22,24,26,29-67H2,1-3H3/b10-7-,19-16-,25-23-,28-27-.